The Bertz CT molecular complexity index is 883. The van der Waals surface area contributed by atoms with E-state index in [0.29, 0.717) is 0 Å². The summed E-state index contributed by atoms with van der Waals surface area (Å²) in [4.78, 5) is 4.77. The van der Waals surface area contributed by atoms with Crippen LogP contribution in [-0.4, -0.2) is 10.1 Å². The third-order valence-corrected chi connectivity index (χ3v) is 5.56. The highest BCUT2D eigenvalue weighted by atomic mass is 79.9. The number of fused-ring (bicyclic) bond motifs is 1. The van der Waals surface area contributed by atoms with Gasteiger partial charge in [-0.05, 0) is 66.8 Å². The zero-order valence-electron chi connectivity index (χ0n) is 13.7. The first kappa shape index (κ1) is 17.4. The van der Waals surface area contributed by atoms with E-state index in [-0.39, 0.29) is 5.75 Å². The van der Waals surface area contributed by atoms with E-state index in [1.807, 2.05) is 0 Å². The summed E-state index contributed by atoms with van der Waals surface area (Å²) in [7, 11) is 0. The lowest BCUT2D eigenvalue weighted by Crippen LogP contribution is -1.95. The molecule has 2 nitrogen and oxygen atoms in total. The molecule has 0 saturated carbocycles. The quantitative estimate of drug-likeness (QED) is 0.506. The number of aromatic hydroxyl groups is 1. The highest BCUT2D eigenvalue weighted by Gasteiger charge is 2.10. The number of aromatic nitrogens is 1. The Morgan fingerprint density at radius 3 is 2.42 bits per heavy atom. The molecule has 1 aromatic heterocycles. The van der Waals surface area contributed by atoms with Gasteiger partial charge in [0.25, 0.3) is 0 Å². The summed E-state index contributed by atoms with van der Waals surface area (Å²) in [6.07, 6.45) is 2.92. The second-order valence-electron chi connectivity index (χ2n) is 6.10. The average Bonchev–Trinajstić information content (AvgIpc) is 2.51. The van der Waals surface area contributed by atoms with Gasteiger partial charge >= 0.3 is 0 Å². The van der Waals surface area contributed by atoms with Crippen molar-refractivity contribution in [2.45, 2.75) is 33.1 Å². The molecule has 3 aromatic rings. The third kappa shape index (κ3) is 3.65. The van der Waals surface area contributed by atoms with Gasteiger partial charge in [-0.25, -0.2) is 0 Å². The van der Waals surface area contributed by atoms with Crippen LogP contribution in [0.15, 0.2) is 45.3 Å². The Balaban J connectivity index is 2.00. The highest BCUT2D eigenvalue weighted by Crippen LogP contribution is 2.32. The molecule has 24 heavy (non-hydrogen) atoms. The van der Waals surface area contributed by atoms with Crippen molar-refractivity contribution in [3.8, 4) is 5.75 Å². The molecule has 0 fully saturated rings. The van der Waals surface area contributed by atoms with Gasteiger partial charge in [-0.2, -0.15) is 0 Å². The fourth-order valence-corrected chi connectivity index (χ4v) is 4.41. The van der Waals surface area contributed by atoms with E-state index in [2.05, 4.69) is 70.0 Å². The minimum Gasteiger partial charge on any atom is -0.508 e. The Morgan fingerprint density at radius 1 is 1.04 bits per heavy atom. The summed E-state index contributed by atoms with van der Waals surface area (Å²) in [5.74, 6) is 0.250. The molecule has 0 atom stereocenters. The first-order chi connectivity index (χ1) is 11.5. The van der Waals surface area contributed by atoms with Crippen LogP contribution in [0.1, 0.15) is 35.7 Å². The second-order valence-corrected chi connectivity index (χ2v) is 7.81. The number of phenols is 1. The number of nitrogens with zero attached hydrogens (tertiary/aromatic N) is 1. The van der Waals surface area contributed by atoms with Crippen molar-refractivity contribution in [1.82, 2.24) is 4.98 Å². The van der Waals surface area contributed by atoms with Crippen molar-refractivity contribution < 1.29 is 5.11 Å². The largest absolute Gasteiger partial charge is 0.508 e. The van der Waals surface area contributed by atoms with E-state index in [1.54, 1.807) is 12.1 Å². The number of benzene rings is 2. The van der Waals surface area contributed by atoms with E-state index in [4.69, 9.17) is 4.98 Å². The van der Waals surface area contributed by atoms with E-state index in [9.17, 15) is 5.11 Å². The number of hydrogen-bond acceptors (Lipinski definition) is 2. The molecule has 1 N–H and O–H groups in total. The van der Waals surface area contributed by atoms with Gasteiger partial charge in [0, 0.05) is 20.0 Å². The predicted octanol–water partition coefficient (Wildman–Crippen LogP) is 6.32. The van der Waals surface area contributed by atoms with Crippen LogP contribution in [0.3, 0.4) is 0 Å². The van der Waals surface area contributed by atoms with Crippen LogP contribution in [0.5, 0.6) is 5.75 Å². The minimum atomic E-state index is 0.250. The number of rotatable bonds is 4. The van der Waals surface area contributed by atoms with Crippen LogP contribution in [0.25, 0.3) is 10.9 Å². The lowest BCUT2D eigenvalue weighted by atomic mass is 10.00. The van der Waals surface area contributed by atoms with Crippen molar-refractivity contribution >= 4 is 42.8 Å². The van der Waals surface area contributed by atoms with Crippen LogP contribution >= 0.6 is 31.9 Å². The Morgan fingerprint density at radius 2 is 1.75 bits per heavy atom. The van der Waals surface area contributed by atoms with Crippen molar-refractivity contribution in [2.24, 2.45) is 0 Å². The summed E-state index contributed by atoms with van der Waals surface area (Å²) >= 11 is 7.09. The van der Waals surface area contributed by atoms with Gasteiger partial charge < -0.3 is 5.11 Å². The first-order valence-corrected chi connectivity index (χ1v) is 9.62. The smallest absolute Gasteiger partial charge is 0.117 e. The second kappa shape index (κ2) is 7.24. The molecule has 0 radical (unpaired) electrons. The molecule has 0 spiro atoms. The van der Waals surface area contributed by atoms with E-state index in [0.717, 1.165) is 39.3 Å². The maximum Gasteiger partial charge on any atom is 0.117 e. The van der Waals surface area contributed by atoms with Gasteiger partial charge in [0.05, 0.1) is 5.52 Å². The van der Waals surface area contributed by atoms with Gasteiger partial charge in [0.1, 0.15) is 5.75 Å². The molecule has 0 unspecified atom stereocenters. The molecular weight excluding hydrogens is 430 g/mol. The van der Waals surface area contributed by atoms with Crippen LogP contribution in [0.2, 0.25) is 0 Å². The van der Waals surface area contributed by atoms with Crippen molar-refractivity contribution in [2.75, 3.05) is 0 Å². The van der Waals surface area contributed by atoms with Gasteiger partial charge in [-0.1, -0.05) is 51.3 Å². The fraction of sp³-hybridized carbons (Fsp3) is 0.250. The zero-order chi connectivity index (χ0) is 17.3. The summed E-state index contributed by atoms with van der Waals surface area (Å²) in [5, 5.41) is 10.9. The van der Waals surface area contributed by atoms with Crippen LogP contribution < -0.4 is 0 Å². The Kier molecular flexibility index (Phi) is 5.26. The van der Waals surface area contributed by atoms with Crippen LogP contribution in [0, 0.1) is 6.92 Å². The molecule has 0 bridgehead atoms. The summed E-state index contributed by atoms with van der Waals surface area (Å²) in [6, 6.07) is 12.1. The molecule has 0 aliphatic rings. The first-order valence-electron chi connectivity index (χ1n) is 8.04. The number of hydrogen-bond donors (Lipinski definition) is 1. The molecule has 0 saturated heterocycles. The summed E-state index contributed by atoms with van der Waals surface area (Å²) in [5.41, 5.74) is 5.85. The SMILES string of the molecule is CCCc1cc(C)c2cc(Cc3c(Br)cc(O)cc3Br)ccc2n1. The lowest BCUT2D eigenvalue weighted by Gasteiger charge is -2.11. The predicted molar refractivity (Wildman–Crippen MR) is 107 cm³/mol. The average molecular weight is 449 g/mol. The number of phenolic OH excluding ortho intramolecular Hbond substituents is 1. The van der Waals surface area contributed by atoms with E-state index >= 15 is 0 Å². The topological polar surface area (TPSA) is 33.1 Å². The van der Waals surface area contributed by atoms with E-state index < -0.39 is 0 Å². The van der Waals surface area contributed by atoms with Crippen LogP contribution in [-0.2, 0) is 12.8 Å². The number of aryl methyl sites for hydroxylation is 2. The van der Waals surface area contributed by atoms with Crippen molar-refractivity contribution in [1.29, 1.82) is 0 Å². The third-order valence-electron chi connectivity index (χ3n) is 4.15. The minimum absolute atomic E-state index is 0.250. The van der Waals surface area contributed by atoms with Crippen molar-refractivity contribution in [3.63, 3.8) is 0 Å². The van der Waals surface area contributed by atoms with Crippen LogP contribution in [0.4, 0.5) is 0 Å². The summed E-state index contributed by atoms with van der Waals surface area (Å²) < 4.78 is 1.81. The highest BCUT2D eigenvalue weighted by molar-refractivity contribution is 9.11. The molecule has 0 aliphatic carbocycles. The molecule has 1 heterocycles. The molecule has 4 heteroatoms. The standard InChI is InChI=1S/C20H19Br2NO/c1-3-4-14-7-12(2)16-8-13(5-6-20(16)23-14)9-17-18(21)10-15(24)11-19(17)22/h5-8,10-11,24H,3-4,9H2,1-2H3. The monoisotopic (exact) mass is 447 g/mol. The van der Waals surface area contributed by atoms with Gasteiger partial charge in [-0.15, -0.1) is 0 Å². The molecule has 2 aromatic carbocycles. The number of pyridine rings is 1. The normalized spacial score (nSPS) is 11.2. The Labute approximate surface area is 159 Å². The Hall–Kier alpha value is -1.39. The fourth-order valence-electron chi connectivity index (χ4n) is 2.97. The summed E-state index contributed by atoms with van der Waals surface area (Å²) in [6.45, 7) is 4.33. The number of halogens is 2. The van der Waals surface area contributed by atoms with Gasteiger partial charge in [0.2, 0.25) is 0 Å². The molecule has 3 rings (SSSR count). The lowest BCUT2D eigenvalue weighted by molar-refractivity contribution is 0.474. The van der Waals surface area contributed by atoms with Gasteiger partial charge in [-0.3, -0.25) is 4.98 Å². The molecular formula is C20H19Br2NO. The van der Waals surface area contributed by atoms with Crippen molar-refractivity contribution in [3.05, 3.63) is 67.7 Å². The maximum atomic E-state index is 9.66. The van der Waals surface area contributed by atoms with Gasteiger partial charge in [0.15, 0.2) is 0 Å². The molecule has 124 valence electrons. The molecule has 0 amide bonds. The maximum absolute atomic E-state index is 9.66. The zero-order valence-corrected chi connectivity index (χ0v) is 16.9. The molecule has 0 aliphatic heterocycles. The van der Waals surface area contributed by atoms with E-state index in [1.165, 1.54) is 22.2 Å².